The first-order chi connectivity index (χ1) is 11.1. The first kappa shape index (κ1) is 16.4. The van der Waals surface area contributed by atoms with Gasteiger partial charge in [0.2, 0.25) is 0 Å². The second kappa shape index (κ2) is 7.85. The molecule has 0 spiro atoms. The average molecular weight is 311 g/mol. The zero-order chi connectivity index (χ0) is 16.7. The van der Waals surface area contributed by atoms with Crippen LogP contribution in [0.1, 0.15) is 41.6 Å². The summed E-state index contributed by atoms with van der Waals surface area (Å²) in [6.07, 6.45) is 0.406. The average Bonchev–Trinajstić information content (AvgIpc) is 3.02. The van der Waals surface area contributed by atoms with E-state index < -0.39 is 17.9 Å². The van der Waals surface area contributed by atoms with E-state index in [0.29, 0.717) is 12.2 Å². The molecule has 2 aromatic rings. The number of carbonyl (C=O) groups excluding carboxylic acids is 1. The van der Waals surface area contributed by atoms with Crippen molar-refractivity contribution in [1.82, 2.24) is 5.32 Å². The van der Waals surface area contributed by atoms with E-state index in [0.717, 1.165) is 5.56 Å². The summed E-state index contributed by atoms with van der Waals surface area (Å²) >= 11 is 0. The summed E-state index contributed by atoms with van der Waals surface area (Å²) in [5.74, 6) is 4.89. The summed E-state index contributed by atoms with van der Waals surface area (Å²) in [6.45, 7) is 1.81. The molecule has 0 unspecified atom stereocenters. The first-order valence-electron chi connectivity index (χ1n) is 7.28. The number of hydrogen-bond donors (Lipinski definition) is 2. The minimum Gasteiger partial charge on any atom is -0.481 e. The molecule has 1 atom stereocenters. The zero-order valence-electron chi connectivity index (χ0n) is 12.7. The van der Waals surface area contributed by atoms with Crippen LogP contribution in [0, 0.1) is 11.8 Å². The van der Waals surface area contributed by atoms with Crippen LogP contribution in [-0.4, -0.2) is 23.0 Å². The van der Waals surface area contributed by atoms with Crippen molar-refractivity contribution in [2.24, 2.45) is 0 Å². The van der Waals surface area contributed by atoms with Gasteiger partial charge in [-0.1, -0.05) is 31.0 Å². The van der Waals surface area contributed by atoms with Gasteiger partial charge in [-0.05, 0) is 36.6 Å². The summed E-state index contributed by atoms with van der Waals surface area (Å²) in [5, 5.41) is 11.4. The molecule has 0 aliphatic heterocycles. The van der Waals surface area contributed by atoms with Crippen molar-refractivity contribution in [3.05, 3.63) is 59.5 Å². The number of carboxylic acids is 1. The Balaban J connectivity index is 2.02. The third-order valence-corrected chi connectivity index (χ3v) is 3.18. The van der Waals surface area contributed by atoms with E-state index in [2.05, 4.69) is 17.2 Å². The number of benzene rings is 1. The zero-order valence-corrected chi connectivity index (χ0v) is 12.7. The van der Waals surface area contributed by atoms with Gasteiger partial charge in [0.15, 0.2) is 11.5 Å². The van der Waals surface area contributed by atoms with Crippen molar-refractivity contribution in [3.8, 4) is 11.8 Å². The van der Waals surface area contributed by atoms with Crippen LogP contribution in [0.3, 0.4) is 0 Å². The van der Waals surface area contributed by atoms with Crippen LogP contribution in [0.5, 0.6) is 0 Å². The minimum atomic E-state index is -0.953. The second-order valence-corrected chi connectivity index (χ2v) is 4.96. The van der Waals surface area contributed by atoms with E-state index in [1.807, 2.05) is 37.3 Å². The van der Waals surface area contributed by atoms with Crippen molar-refractivity contribution >= 4 is 11.9 Å². The van der Waals surface area contributed by atoms with Crippen LogP contribution in [-0.2, 0) is 4.79 Å². The highest BCUT2D eigenvalue weighted by molar-refractivity contribution is 5.92. The van der Waals surface area contributed by atoms with Crippen LogP contribution < -0.4 is 5.32 Å². The summed E-state index contributed by atoms with van der Waals surface area (Å²) in [4.78, 5) is 22.8. The van der Waals surface area contributed by atoms with Crippen LogP contribution in [0.15, 0.2) is 46.9 Å². The number of furan rings is 1. The van der Waals surface area contributed by atoms with E-state index in [1.54, 1.807) is 6.07 Å². The number of carboxylic acid groups (broad SMARTS) is 1. The molecular weight excluding hydrogens is 294 g/mol. The third-order valence-electron chi connectivity index (χ3n) is 3.18. The monoisotopic (exact) mass is 311 g/mol. The highest BCUT2D eigenvalue weighted by atomic mass is 16.4. The molecule has 1 aromatic carbocycles. The maximum absolute atomic E-state index is 12.0. The van der Waals surface area contributed by atoms with Crippen molar-refractivity contribution in [3.63, 3.8) is 0 Å². The molecule has 0 fully saturated rings. The molecule has 0 bridgehead atoms. The van der Waals surface area contributed by atoms with Crippen molar-refractivity contribution in [2.45, 2.75) is 25.8 Å². The second-order valence-electron chi connectivity index (χ2n) is 4.96. The van der Waals surface area contributed by atoms with Gasteiger partial charge < -0.3 is 14.8 Å². The Labute approximate surface area is 134 Å². The number of rotatable bonds is 5. The first-order valence-corrected chi connectivity index (χ1v) is 7.28. The number of carbonyl (C=O) groups is 2. The Morgan fingerprint density at radius 1 is 1.17 bits per heavy atom. The molecule has 1 aromatic heterocycles. The summed E-state index contributed by atoms with van der Waals surface area (Å²) in [7, 11) is 0. The molecule has 23 heavy (non-hydrogen) atoms. The lowest BCUT2D eigenvalue weighted by Crippen LogP contribution is -2.35. The lowest BCUT2D eigenvalue weighted by molar-refractivity contribution is -0.137. The fraction of sp³-hybridized carbons (Fsp3) is 0.222. The van der Waals surface area contributed by atoms with Crippen LogP contribution in [0.25, 0.3) is 0 Å². The molecule has 0 saturated heterocycles. The molecule has 2 N–H and O–H groups in total. The molecule has 0 aliphatic carbocycles. The smallest absolute Gasteiger partial charge is 0.305 e. The fourth-order valence-corrected chi connectivity index (χ4v) is 1.95. The van der Waals surface area contributed by atoms with Gasteiger partial charge in [0.25, 0.3) is 5.91 Å². The number of hydrogen-bond acceptors (Lipinski definition) is 3. The largest absolute Gasteiger partial charge is 0.481 e. The van der Waals surface area contributed by atoms with Crippen LogP contribution in [0.4, 0.5) is 0 Å². The van der Waals surface area contributed by atoms with Gasteiger partial charge in [0.05, 0.1) is 6.42 Å². The van der Waals surface area contributed by atoms with Gasteiger partial charge in [-0.2, -0.15) is 0 Å². The Morgan fingerprint density at radius 2 is 1.91 bits per heavy atom. The lowest BCUT2D eigenvalue weighted by Gasteiger charge is -2.13. The Morgan fingerprint density at radius 3 is 2.57 bits per heavy atom. The van der Waals surface area contributed by atoms with E-state index in [4.69, 9.17) is 9.52 Å². The quantitative estimate of drug-likeness (QED) is 0.832. The van der Waals surface area contributed by atoms with Crippen molar-refractivity contribution in [2.75, 3.05) is 0 Å². The molecule has 5 nitrogen and oxygen atoms in total. The van der Waals surface area contributed by atoms with Gasteiger partial charge >= 0.3 is 5.97 Å². The van der Waals surface area contributed by atoms with Gasteiger partial charge in [-0.25, -0.2) is 0 Å². The molecule has 1 amide bonds. The van der Waals surface area contributed by atoms with Gasteiger partial charge in [-0.3, -0.25) is 9.59 Å². The number of amides is 1. The molecule has 1 heterocycles. The highest BCUT2D eigenvalue weighted by Gasteiger charge is 2.17. The Bertz CT molecular complexity index is 737. The molecular formula is C18H17NO4. The SMILES string of the molecule is CC[C@@H](CC(=O)O)NC(=O)c1ccc(C#Cc2ccccc2)o1. The predicted molar refractivity (Wildman–Crippen MR) is 84.9 cm³/mol. The standard InChI is InChI=1S/C18H17NO4/c1-2-14(12-17(20)21)19-18(22)16-11-10-15(23-16)9-8-13-6-4-3-5-7-13/h3-7,10-11,14H,2,12H2,1H3,(H,19,22)(H,20,21)/t14-/m0/s1. The third kappa shape index (κ3) is 5.04. The maximum atomic E-state index is 12.0. The van der Waals surface area contributed by atoms with Crippen molar-refractivity contribution in [1.29, 1.82) is 0 Å². The fourth-order valence-electron chi connectivity index (χ4n) is 1.95. The Hall–Kier alpha value is -3.00. The summed E-state index contributed by atoms with van der Waals surface area (Å²) < 4.78 is 5.38. The molecule has 0 saturated carbocycles. The van der Waals surface area contributed by atoms with Gasteiger partial charge in [-0.15, -0.1) is 0 Å². The van der Waals surface area contributed by atoms with E-state index in [9.17, 15) is 9.59 Å². The molecule has 5 heteroatoms. The minimum absolute atomic E-state index is 0.117. The van der Waals surface area contributed by atoms with Gasteiger partial charge in [0.1, 0.15) is 0 Å². The van der Waals surface area contributed by atoms with Gasteiger partial charge in [0, 0.05) is 11.6 Å². The lowest BCUT2D eigenvalue weighted by atomic mass is 10.1. The van der Waals surface area contributed by atoms with E-state index in [-0.39, 0.29) is 12.2 Å². The summed E-state index contributed by atoms with van der Waals surface area (Å²) in [6, 6.07) is 12.1. The highest BCUT2D eigenvalue weighted by Crippen LogP contribution is 2.08. The summed E-state index contributed by atoms with van der Waals surface area (Å²) in [5.41, 5.74) is 0.849. The normalized spacial score (nSPS) is 11.2. The van der Waals surface area contributed by atoms with E-state index >= 15 is 0 Å². The Kier molecular flexibility index (Phi) is 5.59. The molecule has 118 valence electrons. The molecule has 2 rings (SSSR count). The van der Waals surface area contributed by atoms with Crippen molar-refractivity contribution < 1.29 is 19.1 Å². The van der Waals surface area contributed by atoms with E-state index in [1.165, 1.54) is 6.07 Å². The number of aliphatic carboxylic acids is 1. The van der Waals surface area contributed by atoms with Crippen LogP contribution in [0.2, 0.25) is 0 Å². The maximum Gasteiger partial charge on any atom is 0.305 e. The topological polar surface area (TPSA) is 79.5 Å². The number of nitrogens with one attached hydrogen (secondary N) is 1. The van der Waals surface area contributed by atoms with Crippen LogP contribution >= 0.6 is 0 Å². The predicted octanol–water partition coefficient (Wildman–Crippen LogP) is 2.66. The molecule has 0 aliphatic rings. The molecule has 0 radical (unpaired) electrons.